The van der Waals surface area contributed by atoms with Gasteiger partial charge in [0, 0.05) is 19.0 Å². The number of rotatable bonds is 5. The molecular formula is C16H22BrN3O. The highest BCUT2D eigenvalue weighted by atomic mass is 79.9. The second-order valence-electron chi connectivity index (χ2n) is 5.83. The first-order valence-electron chi connectivity index (χ1n) is 6.92. The Morgan fingerprint density at radius 3 is 2.38 bits per heavy atom. The number of halogens is 1. The highest BCUT2D eigenvalue weighted by Crippen LogP contribution is 2.25. The normalized spacial score (nSPS) is 14.0. The molecule has 0 spiro atoms. The molecule has 114 valence electrons. The van der Waals surface area contributed by atoms with E-state index in [4.69, 9.17) is 10.5 Å². The summed E-state index contributed by atoms with van der Waals surface area (Å²) in [6.07, 6.45) is 1.56. The van der Waals surface area contributed by atoms with Crippen molar-refractivity contribution in [3.8, 4) is 5.75 Å². The number of ether oxygens (including phenoxy) is 1. The smallest absolute Gasteiger partial charge is 0.118 e. The van der Waals surface area contributed by atoms with Crippen molar-refractivity contribution in [2.24, 2.45) is 12.8 Å². The van der Waals surface area contributed by atoms with Crippen LogP contribution in [0.3, 0.4) is 0 Å². The van der Waals surface area contributed by atoms with Crippen LogP contribution in [0.4, 0.5) is 0 Å². The molecule has 1 atom stereocenters. The molecule has 0 amide bonds. The van der Waals surface area contributed by atoms with Gasteiger partial charge in [0.05, 0.1) is 23.0 Å². The fourth-order valence-corrected chi connectivity index (χ4v) is 3.00. The summed E-state index contributed by atoms with van der Waals surface area (Å²) < 4.78 is 8.13. The van der Waals surface area contributed by atoms with Gasteiger partial charge >= 0.3 is 0 Å². The molecule has 0 aliphatic rings. The molecule has 21 heavy (non-hydrogen) atoms. The molecule has 1 unspecified atom stereocenters. The lowest BCUT2D eigenvalue weighted by molar-refractivity contribution is 0.413. The Hall–Kier alpha value is -1.33. The van der Waals surface area contributed by atoms with Gasteiger partial charge in [-0.05, 0) is 53.9 Å². The standard InChI is InChI=1S/C16H22BrN3O/c1-11-15(17)14(20(3)19-11)10-16(2,18)9-12-5-7-13(21-4)8-6-12/h5-8H,9-10,18H2,1-4H3. The second-order valence-corrected chi connectivity index (χ2v) is 6.62. The quantitative estimate of drug-likeness (QED) is 0.900. The number of methoxy groups -OCH3 is 1. The van der Waals surface area contributed by atoms with Gasteiger partial charge in [-0.25, -0.2) is 0 Å². The maximum atomic E-state index is 6.51. The fourth-order valence-electron chi connectivity index (χ4n) is 2.53. The topological polar surface area (TPSA) is 53.1 Å². The number of hydrogen-bond acceptors (Lipinski definition) is 3. The van der Waals surface area contributed by atoms with Crippen molar-refractivity contribution in [3.63, 3.8) is 0 Å². The molecule has 4 nitrogen and oxygen atoms in total. The summed E-state index contributed by atoms with van der Waals surface area (Å²) in [4.78, 5) is 0. The third-order valence-electron chi connectivity index (χ3n) is 3.60. The van der Waals surface area contributed by atoms with E-state index in [2.05, 4.69) is 40.1 Å². The van der Waals surface area contributed by atoms with Gasteiger partial charge in [0.2, 0.25) is 0 Å². The zero-order chi connectivity index (χ0) is 15.6. The van der Waals surface area contributed by atoms with Crippen LogP contribution in [0, 0.1) is 6.92 Å². The average Bonchev–Trinajstić information content (AvgIpc) is 2.65. The molecule has 1 aromatic carbocycles. The molecule has 0 saturated heterocycles. The van der Waals surface area contributed by atoms with Crippen molar-refractivity contribution < 1.29 is 4.74 Å². The molecule has 0 radical (unpaired) electrons. The lowest BCUT2D eigenvalue weighted by atomic mass is 9.89. The fraction of sp³-hybridized carbons (Fsp3) is 0.438. The van der Waals surface area contributed by atoms with Crippen LogP contribution in [0.1, 0.15) is 23.9 Å². The molecule has 0 fully saturated rings. The van der Waals surface area contributed by atoms with Gasteiger partial charge in [0.1, 0.15) is 5.75 Å². The van der Waals surface area contributed by atoms with Crippen LogP contribution in [-0.4, -0.2) is 22.4 Å². The lowest BCUT2D eigenvalue weighted by Crippen LogP contribution is -2.41. The number of hydrogen-bond donors (Lipinski definition) is 1. The lowest BCUT2D eigenvalue weighted by Gasteiger charge is -2.25. The van der Waals surface area contributed by atoms with E-state index in [-0.39, 0.29) is 5.54 Å². The van der Waals surface area contributed by atoms with E-state index in [0.29, 0.717) is 0 Å². The van der Waals surface area contributed by atoms with Crippen molar-refractivity contribution in [2.45, 2.75) is 32.2 Å². The highest BCUT2D eigenvalue weighted by molar-refractivity contribution is 9.10. The first kappa shape index (κ1) is 16.0. The summed E-state index contributed by atoms with van der Waals surface area (Å²) in [6, 6.07) is 8.06. The Bertz CT molecular complexity index is 617. The number of nitrogens with zero attached hydrogens (tertiary/aromatic N) is 2. The number of aromatic nitrogens is 2. The van der Waals surface area contributed by atoms with Crippen LogP contribution < -0.4 is 10.5 Å². The van der Waals surface area contributed by atoms with Crippen LogP contribution in [0.2, 0.25) is 0 Å². The van der Waals surface area contributed by atoms with Gasteiger partial charge in [-0.1, -0.05) is 12.1 Å². The minimum Gasteiger partial charge on any atom is -0.497 e. The largest absolute Gasteiger partial charge is 0.497 e. The summed E-state index contributed by atoms with van der Waals surface area (Å²) in [6.45, 7) is 4.07. The molecule has 2 aromatic rings. The van der Waals surface area contributed by atoms with Crippen molar-refractivity contribution >= 4 is 15.9 Å². The molecule has 0 saturated carbocycles. The van der Waals surface area contributed by atoms with Crippen LogP contribution in [0.15, 0.2) is 28.7 Å². The van der Waals surface area contributed by atoms with E-state index < -0.39 is 0 Å². The zero-order valence-corrected chi connectivity index (χ0v) is 14.6. The minimum atomic E-state index is -0.336. The first-order valence-corrected chi connectivity index (χ1v) is 7.71. The molecule has 2 N–H and O–H groups in total. The predicted octanol–water partition coefficient (Wildman–Crippen LogP) is 3.00. The Morgan fingerprint density at radius 2 is 1.90 bits per heavy atom. The summed E-state index contributed by atoms with van der Waals surface area (Å²) in [5.41, 5.74) is 9.50. The summed E-state index contributed by atoms with van der Waals surface area (Å²) in [7, 11) is 3.63. The third kappa shape index (κ3) is 3.86. The van der Waals surface area contributed by atoms with Crippen LogP contribution in [0.5, 0.6) is 5.75 Å². The Morgan fingerprint density at radius 1 is 1.29 bits per heavy atom. The molecule has 1 heterocycles. The minimum absolute atomic E-state index is 0.336. The van der Waals surface area contributed by atoms with E-state index in [0.717, 1.165) is 34.5 Å². The van der Waals surface area contributed by atoms with Gasteiger partial charge in [0.15, 0.2) is 0 Å². The molecule has 0 bridgehead atoms. The number of aryl methyl sites for hydroxylation is 2. The monoisotopic (exact) mass is 351 g/mol. The predicted molar refractivity (Wildman–Crippen MR) is 88.6 cm³/mol. The Balaban J connectivity index is 2.13. The molecule has 5 heteroatoms. The summed E-state index contributed by atoms with van der Waals surface area (Å²) in [5.74, 6) is 0.863. The second kappa shape index (κ2) is 6.20. The van der Waals surface area contributed by atoms with Gasteiger partial charge in [0.25, 0.3) is 0 Å². The molecule has 0 aliphatic heterocycles. The number of nitrogens with two attached hydrogens (primary N) is 1. The van der Waals surface area contributed by atoms with Crippen LogP contribution in [0.25, 0.3) is 0 Å². The zero-order valence-electron chi connectivity index (χ0n) is 13.0. The highest BCUT2D eigenvalue weighted by Gasteiger charge is 2.24. The molecular weight excluding hydrogens is 330 g/mol. The van der Waals surface area contributed by atoms with Gasteiger partial charge in [-0.15, -0.1) is 0 Å². The van der Waals surface area contributed by atoms with E-state index in [1.807, 2.05) is 30.8 Å². The number of benzene rings is 1. The Kier molecular flexibility index (Phi) is 4.74. The third-order valence-corrected chi connectivity index (χ3v) is 4.63. The SMILES string of the molecule is COc1ccc(CC(C)(N)Cc2c(Br)c(C)nn2C)cc1. The van der Waals surface area contributed by atoms with Crippen molar-refractivity contribution in [3.05, 3.63) is 45.7 Å². The summed E-state index contributed by atoms with van der Waals surface area (Å²) in [5, 5.41) is 4.42. The molecule has 1 aromatic heterocycles. The van der Waals surface area contributed by atoms with Crippen molar-refractivity contribution in [1.29, 1.82) is 0 Å². The molecule has 2 rings (SSSR count). The maximum absolute atomic E-state index is 6.51. The van der Waals surface area contributed by atoms with Gasteiger partial charge in [-0.2, -0.15) is 5.10 Å². The Labute approximate surface area is 134 Å². The van der Waals surface area contributed by atoms with Crippen molar-refractivity contribution in [2.75, 3.05) is 7.11 Å². The average molecular weight is 352 g/mol. The van der Waals surface area contributed by atoms with Crippen LogP contribution >= 0.6 is 15.9 Å². The van der Waals surface area contributed by atoms with E-state index >= 15 is 0 Å². The molecule has 0 aliphatic carbocycles. The van der Waals surface area contributed by atoms with Crippen molar-refractivity contribution in [1.82, 2.24) is 9.78 Å². The van der Waals surface area contributed by atoms with E-state index in [1.165, 1.54) is 5.56 Å². The van der Waals surface area contributed by atoms with Crippen LogP contribution in [-0.2, 0) is 19.9 Å². The van der Waals surface area contributed by atoms with Gasteiger partial charge < -0.3 is 10.5 Å². The summed E-state index contributed by atoms with van der Waals surface area (Å²) >= 11 is 3.60. The van der Waals surface area contributed by atoms with E-state index in [9.17, 15) is 0 Å². The first-order chi connectivity index (χ1) is 9.82. The van der Waals surface area contributed by atoms with E-state index in [1.54, 1.807) is 7.11 Å². The van der Waals surface area contributed by atoms with Gasteiger partial charge in [-0.3, -0.25) is 4.68 Å². The maximum Gasteiger partial charge on any atom is 0.118 e.